The quantitative estimate of drug-likeness (QED) is 0.347. The molecule has 0 spiro atoms. The van der Waals surface area contributed by atoms with Gasteiger partial charge in [-0.2, -0.15) is 5.10 Å². The minimum absolute atomic E-state index is 0.223. The number of amides is 1. The normalized spacial score (nSPS) is 11.0. The second kappa shape index (κ2) is 9.05. The summed E-state index contributed by atoms with van der Waals surface area (Å²) < 4.78 is 5.95. The summed E-state index contributed by atoms with van der Waals surface area (Å²) in [6, 6.07) is 29.5. The van der Waals surface area contributed by atoms with Crippen molar-refractivity contribution in [3.63, 3.8) is 0 Å². The smallest absolute Gasteiger partial charge is 0.271 e. The van der Waals surface area contributed by atoms with E-state index >= 15 is 0 Å². The molecule has 0 aliphatic heterocycles. The van der Waals surface area contributed by atoms with Crippen molar-refractivity contribution >= 4 is 22.9 Å². The van der Waals surface area contributed by atoms with E-state index in [0.29, 0.717) is 12.2 Å². The number of nitrogens with zero attached hydrogens (tertiary/aromatic N) is 1. The molecule has 4 aromatic rings. The molecule has 0 saturated carbocycles. The Hall–Kier alpha value is -3.92. The Balaban J connectivity index is 1.35. The van der Waals surface area contributed by atoms with Gasteiger partial charge in [0.1, 0.15) is 12.4 Å². The van der Waals surface area contributed by atoms with Crippen molar-refractivity contribution in [3.05, 3.63) is 113 Å². The lowest BCUT2D eigenvalue weighted by Gasteiger charge is -2.09. The number of hydrazone groups is 1. The Bertz CT molecular complexity index is 1190. The summed E-state index contributed by atoms with van der Waals surface area (Å²) in [5.41, 5.74) is 6.12. The summed E-state index contributed by atoms with van der Waals surface area (Å²) in [7, 11) is 0. The molecular formula is C26H22N2O2. The van der Waals surface area contributed by atoms with E-state index in [1.807, 2.05) is 67.6 Å². The van der Waals surface area contributed by atoms with Crippen LogP contribution in [0.3, 0.4) is 0 Å². The van der Waals surface area contributed by atoms with Crippen molar-refractivity contribution in [2.45, 2.75) is 13.5 Å². The lowest BCUT2D eigenvalue weighted by atomic mass is 10.1. The maximum absolute atomic E-state index is 12.2. The molecule has 30 heavy (non-hydrogen) atoms. The summed E-state index contributed by atoms with van der Waals surface area (Å²) in [5, 5.41) is 6.46. The third-order valence-corrected chi connectivity index (χ3v) is 4.92. The van der Waals surface area contributed by atoms with Crippen LogP contribution in [-0.2, 0) is 6.61 Å². The third kappa shape index (κ3) is 4.55. The van der Waals surface area contributed by atoms with Gasteiger partial charge >= 0.3 is 0 Å². The van der Waals surface area contributed by atoms with Crippen molar-refractivity contribution in [1.82, 2.24) is 5.43 Å². The summed E-state index contributed by atoms with van der Waals surface area (Å²) in [4.78, 5) is 12.2. The van der Waals surface area contributed by atoms with Crippen molar-refractivity contribution in [3.8, 4) is 5.75 Å². The van der Waals surface area contributed by atoms with Crippen molar-refractivity contribution in [2.75, 3.05) is 0 Å². The maximum Gasteiger partial charge on any atom is 0.271 e. The van der Waals surface area contributed by atoms with Crippen LogP contribution in [0.5, 0.6) is 5.75 Å². The van der Waals surface area contributed by atoms with E-state index in [1.54, 1.807) is 12.3 Å². The molecule has 4 aromatic carbocycles. The predicted octanol–water partition coefficient (Wildman–Crippen LogP) is 5.49. The molecule has 0 heterocycles. The van der Waals surface area contributed by atoms with Gasteiger partial charge in [0.25, 0.3) is 5.91 Å². The van der Waals surface area contributed by atoms with Crippen LogP contribution in [0.2, 0.25) is 0 Å². The van der Waals surface area contributed by atoms with Gasteiger partial charge in [0.05, 0.1) is 6.21 Å². The zero-order valence-electron chi connectivity index (χ0n) is 16.7. The molecule has 1 amide bonds. The highest BCUT2D eigenvalue weighted by atomic mass is 16.5. The average Bonchev–Trinajstić information content (AvgIpc) is 2.79. The summed E-state index contributed by atoms with van der Waals surface area (Å²) in [5.74, 6) is 0.559. The number of benzene rings is 4. The van der Waals surface area contributed by atoms with E-state index in [2.05, 4.69) is 34.8 Å². The molecular weight excluding hydrogens is 372 g/mol. The molecule has 0 atom stereocenters. The molecule has 4 heteroatoms. The van der Waals surface area contributed by atoms with Crippen LogP contribution in [0.15, 0.2) is 96.1 Å². The van der Waals surface area contributed by atoms with Crippen LogP contribution in [0.1, 0.15) is 27.0 Å². The standard InChI is InChI=1S/C26H22N2O2/c1-19-7-2-4-11-24(19)26(29)28-27-17-20-13-15-23(16-14-20)30-18-22-10-6-9-21-8-3-5-12-25(21)22/h2-17H,18H2,1H3,(H,28,29). The zero-order valence-corrected chi connectivity index (χ0v) is 16.7. The Kier molecular flexibility index (Phi) is 5.85. The van der Waals surface area contributed by atoms with Crippen LogP contribution in [0, 0.1) is 6.92 Å². The van der Waals surface area contributed by atoms with Gasteiger partial charge in [-0.15, -0.1) is 0 Å². The maximum atomic E-state index is 12.2. The monoisotopic (exact) mass is 394 g/mol. The van der Waals surface area contributed by atoms with Gasteiger partial charge < -0.3 is 4.74 Å². The topological polar surface area (TPSA) is 50.7 Å². The number of hydrogen-bond acceptors (Lipinski definition) is 3. The van der Waals surface area contributed by atoms with E-state index in [9.17, 15) is 4.79 Å². The minimum atomic E-state index is -0.223. The fourth-order valence-corrected chi connectivity index (χ4v) is 3.28. The molecule has 0 bridgehead atoms. The number of ether oxygens (including phenoxy) is 1. The SMILES string of the molecule is Cc1ccccc1C(=O)NN=Cc1ccc(OCc2cccc3ccccc23)cc1. The molecule has 0 radical (unpaired) electrons. The number of carbonyl (C=O) groups is 1. The molecule has 4 rings (SSSR count). The van der Waals surface area contributed by atoms with Gasteiger partial charge in [0.2, 0.25) is 0 Å². The molecule has 148 valence electrons. The molecule has 0 aliphatic carbocycles. The van der Waals surface area contributed by atoms with Crippen molar-refractivity contribution in [1.29, 1.82) is 0 Å². The summed E-state index contributed by atoms with van der Waals surface area (Å²) in [6.45, 7) is 2.40. The largest absolute Gasteiger partial charge is 0.489 e. The summed E-state index contributed by atoms with van der Waals surface area (Å²) in [6.07, 6.45) is 1.62. The Labute approximate surface area is 175 Å². The van der Waals surface area contributed by atoms with Crippen LogP contribution < -0.4 is 10.2 Å². The number of rotatable bonds is 6. The molecule has 0 unspecified atom stereocenters. The first-order valence-corrected chi connectivity index (χ1v) is 9.79. The highest BCUT2D eigenvalue weighted by Gasteiger charge is 2.06. The van der Waals surface area contributed by atoms with Crippen LogP contribution >= 0.6 is 0 Å². The number of aryl methyl sites for hydroxylation is 1. The predicted molar refractivity (Wildman–Crippen MR) is 121 cm³/mol. The Morgan fingerprint density at radius 3 is 2.47 bits per heavy atom. The van der Waals surface area contributed by atoms with E-state index in [4.69, 9.17) is 4.74 Å². The van der Waals surface area contributed by atoms with Crippen molar-refractivity contribution in [2.24, 2.45) is 5.10 Å². The molecule has 0 fully saturated rings. The number of nitrogens with one attached hydrogen (secondary N) is 1. The fraction of sp³-hybridized carbons (Fsp3) is 0.0769. The second-order valence-corrected chi connectivity index (χ2v) is 7.01. The molecule has 4 nitrogen and oxygen atoms in total. The molecule has 0 aliphatic rings. The van der Waals surface area contributed by atoms with Gasteiger partial charge in [-0.25, -0.2) is 5.43 Å². The van der Waals surface area contributed by atoms with Gasteiger partial charge in [-0.1, -0.05) is 60.7 Å². The first kappa shape index (κ1) is 19.4. The van der Waals surface area contributed by atoms with Crippen LogP contribution in [0.4, 0.5) is 0 Å². The fourth-order valence-electron chi connectivity index (χ4n) is 3.28. The van der Waals surface area contributed by atoms with E-state index in [1.165, 1.54) is 10.8 Å². The van der Waals surface area contributed by atoms with Crippen molar-refractivity contribution < 1.29 is 9.53 Å². The number of hydrogen-bond donors (Lipinski definition) is 1. The van der Waals surface area contributed by atoms with Gasteiger partial charge in [-0.3, -0.25) is 4.79 Å². The Morgan fingerprint density at radius 2 is 1.63 bits per heavy atom. The zero-order chi connectivity index (χ0) is 20.8. The second-order valence-electron chi connectivity index (χ2n) is 7.01. The average molecular weight is 394 g/mol. The third-order valence-electron chi connectivity index (χ3n) is 4.92. The van der Waals surface area contributed by atoms with E-state index in [-0.39, 0.29) is 5.91 Å². The Morgan fingerprint density at radius 1 is 0.900 bits per heavy atom. The molecule has 0 saturated heterocycles. The lowest BCUT2D eigenvalue weighted by Crippen LogP contribution is -2.18. The lowest BCUT2D eigenvalue weighted by molar-refractivity contribution is 0.0954. The minimum Gasteiger partial charge on any atom is -0.489 e. The van der Waals surface area contributed by atoms with Gasteiger partial charge in [-0.05, 0) is 64.7 Å². The van der Waals surface area contributed by atoms with E-state index < -0.39 is 0 Å². The molecule has 1 N–H and O–H groups in total. The highest BCUT2D eigenvalue weighted by molar-refractivity contribution is 5.96. The highest BCUT2D eigenvalue weighted by Crippen LogP contribution is 2.21. The molecule has 0 aromatic heterocycles. The first-order valence-electron chi connectivity index (χ1n) is 9.79. The van der Waals surface area contributed by atoms with Crippen LogP contribution in [-0.4, -0.2) is 12.1 Å². The number of fused-ring (bicyclic) bond motifs is 1. The first-order chi connectivity index (χ1) is 14.7. The van der Waals surface area contributed by atoms with Gasteiger partial charge in [0, 0.05) is 5.56 Å². The summed E-state index contributed by atoms with van der Waals surface area (Å²) >= 11 is 0. The van der Waals surface area contributed by atoms with E-state index in [0.717, 1.165) is 22.4 Å². The van der Waals surface area contributed by atoms with Crippen LogP contribution in [0.25, 0.3) is 10.8 Å². The van der Waals surface area contributed by atoms with Gasteiger partial charge in [0.15, 0.2) is 0 Å². The number of carbonyl (C=O) groups excluding carboxylic acids is 1.